The molecule has 2 N–H and O–H groups in total. The van der Waals surface area contributed by atoms with Crippen molar-refractivity contribution in [2.75, 3.05) is 13.1 Å². The lowest BCUT2D eigenvalue weighted by Crippen LogP contribution is -2.39. The first kappa shape index (κ1) is 18.1. The van der Waals surface area contributed by atoms with Crippen LogP contribution >= 0.6 is 0 Å². The number of nitro groups is 1. The molecule has 0 spiro atoms. The number of nitro benzene ring substituents is 1. The normalized spacial score (nSPS) is 12.8. The van der Waals surface area contributed by atoms with E-state index < -0.39 is 5.41 Å². The summed E-state index contributed by atoms with van der Waals surface area (Å²) < 4.78 is 0. The zero-order chi connectivity index (χ0) is 16.9. The highest BCUT2D eigenvalue weighted by Crippen LogP contribution is 2.25. The van der Waals surface area contributed by atoms with E-state index in [0.717, 1.165) is 5.56 Å². The van der Waals surface area contributed by atoms with Gasteiger partial charge in [0.05, 0.1) is 4.92 Å². The minimum absolute atomic E-state index is 0.00785. The Morgan fingerprint density at radius 2 is 1.95 bits per heavy atom. The van der Waals surface area contributed by atoms with Crippen molar-refractivity contribution in [2.45, 2.75) is 40.7 Å². The van der Waals surface area contributed by atoms with E-state index in [-0.39, 0.29) is 22.6 Å². The van der Waals surface area contributed by atoms with Gasteiger partial charge in [-0.3, -0.25) is 14.9 Å². The molecule has 0 fully saturated rings. The first-order valence-corrected chi connectivity index (χ1v) is 7.40. The number of benzene rings is 1. The van der Waals surface area contributed by atoms with Crippen LogP contribution in [0, 0.1) is 22.5 Å². The maximum atomic E-state index is 11.7. The van der Waals surface area contributed by atoms with Crippen LogP contribution in [0.15, 0.2) is 18.2 Å². The van der Waals surface area contributed by atoms with Crippen LogP contribution in [0.25, 0.3) is 0 Å². The van der Waals surface area contributed by atoms with Crippen molar-refractivity contribution >= 4 is 11.6 Å². The van der Waals surface area contributed by atoms with Gasteiger partial charge in [-0.1, -0.05) is 32.9 Å². The lowest BCUT2D eigenvalue weighted by Gasteiger charge is -2.19. The van der Waals surface area contributed by atoms with Crippen molar-refractivity contribution in [1.29, 1.82) is 0 Å². The number of nitrogens with one attached hydrogen (secondary N) is 2. The van der Waals surface area contributed by atoms with E-state index in [1.165, 1.54) is 6.07 Å². The van der Waals surface area contributed by atoms with Gasteiger partial charge in [0.1, 0.15) is 0 Å². The third-order valence-corrected chi connectivity index (χ3v) is 3.55. The fourth-order valence-electron chi connectivity index (χ4n) is 2.15. The number of nitrogens with zero attached hydrogens (tertiary/aromatic N) is 1. The summed E-state index contributed by atoms with van der Waals surface area (Å²) in [5, 5.41) is 17.1. The summed E-state index contributed by atoms with van der Waals surface area (Å²) in [7, 11) is 0. The standard InChI is InChI=1S/C16H25N3O3/c1-11-13(7-6-8-14(11)19(21)22)12(2)17-9-10-18-15(20)16(3,4)5/h6-8,12,17H,9-10H2,1-5H3,(H,18,20)/t12-/m0/s1. The maximum absolute atomic E-state index is 11.7. The largest absolute Gasteiger partial charge is 0.354 e. The molecule has 0 bridgehead atoms. The third-order valence-electron chi connectivity index (χ3n) is 3.55. The third kappa shape index (κ3) is 4.80. The van der Waals surface area contributed by atoms with Crippen molar-refractivity contribution in [2.24, 2.45) is 5.41 Å². The molecule has 0 aliphatic rings. The Balaban J connectivity index is 2.57. The second-order valence-electron chi connectivity index (χ2n) is 6.43. The van der Waals surface area contributed by atoms with Crippen LogP contribution in [-0.4, -0.2) is 23.9 Å². The minimum atomic E-state index is -0.401. The van der Waals surface area contributed by atoms with E-state index in [1.54, 1.807) is 13.0 Å². The lowest BCUT2D eigenvalue weighted by molar-refractivity contribution is -0.385. The van der Waals surface area contributed by atoms with Crippen molar-refractivity contribution in [1.82, 2.24) is 10.6 Å². The molecule has 1 atom stereocenters. The van der Waals surface area contributed by atoms with Gasteiger partial charge < -0.3 is 10.6 Å². The van der Waals surface area contributed by atoms with Crippen LogP contribution in [0.4, 0.5) is 5.69 Å². The average molecular weight is 307 g/mol. The summed E-state index contributed by atoms with van der Waals surface area (Å²) in [6, 6.07) is 5.06. The molecule has 0 saturated heterocycles. The quantitative estimate of drug-likeness (QED) is 0.481. The molecular formula is C16H25N3O3. The zero-order valence-electron chi connectivity index (χ0n) is 13.9. The van der Waals surface area contributed by atoms with Gasteiger partial charge in [0.2, 0.25) is 5.91 Å². The number of amides is 1. The van der Waals surface area contributed by atoms with Gasteiger partial charge in [-0.2, -0.15) is 0 Å². The average Bonchev–Trinajstić information content (AvgIpc) is 2.41. The van der Waals surface area contributed by atoms with Crippen molar-refractivity contribution in [3.63, 3.8) is 0 Å². The molecule has 0 heterocycles. The molecule has 0 unspecified atom stereocenters. The van der Waals surface area contributed by atoms with Crippen LogP contribution in [0.1, 0.15) is 44.9 Å². The molecule has 6 heteroatoms. The van der Waals surface area contributed by atoms with Gasteiger partial charge in [-0.25, -0.2) is 0 Å². The molecule has 1 aromatic carbocycles. The molecule has 22 heavy (non-hydrogen) atoms. The molecule has 0 aliphatic carbocycles. The molecule has 0 aliphatic heterocycles. The topological polar surface area (TPSA) is 84.3 Å². The van der Waals surface area contributed by atoms with E-state index >= 15 is 0 Å². The Hall–Kier alpha value is -1.95. The second-order valence-corrected chi connectivity index (χ2v) is 6.43. The van der Waals surface area contributed by atoms with Crippen LogP contribution < -0.4 is 10.6 Å². The fourth-order valence-corrected chi connectivity index (χ4v) is 2.15. The molecule has 1 amide bonds. The monoisotopic (exact) mass is 307 g/mol. The number of carbonyl (C=O) groups is 1. The molecule has 1 rings (SSSR count). The summed E-state index contributed by atoms with van der Waals surface area (Å²) in [4.78, 5) is 22.3. The Labute approximate surface area is 131 Å². The minimum Gasteiger partial charge on any atom is -0.354 e. The summed E-state index contributed by atoms with van der Waals surface area (Å²) in [6.45, 7) is 10.4. The van der Waals surface area contributed by atoms with Gasteiger partial charge in [0, 0.05) is 36.2 Å². The summed E-state index contributed by atoms with van der Waals surface area (Å²) in [5.41, 5.74) is 1.30. The predicted molar refractivity (Wildman–Crippen MR) is 86.7 cm³/mol. The molecular weight excluding hydrogens is 282 g/mol. The molecule has 0 saturated carbocycles. The lowest BCUT2D eigenvalue weighted by atomic mass is 9.96. The summed E-state index contributed by atoms with van der Waals surface area (Å²) >= 11 is 0. The molecule has 0 radical (unpaired) electrons. The zero-order valence-corrected chi connectivity index (χ0v) is 13.9. The van der Waals surface area contributed by atoms with Crippen molar-refractivity contribution in [3.8, 4) is 0 Å². The molecule has 0 aromatic heterocycles. The van der Waals surface area contributed by atoms with E-state index in [4.69, 9.17) is 0 Å². The van der Waals surface area contributed by atoms with E-state index in [0.29, 0.717) is 18.7 Å². The van der Waals surface area contributed by atoms with Gasteiger partial charge in [-0.15, -0.1) is 0 Å². The van der Waals surface area contributed by atoms with Crippen LogP contribution in [0.3, 0.4) is 0 Å². The summed E-state index contributed by atoms with van der Waals surface area (Å²) in [6.07, 6.45) is 0. The van der Waals surface area contributed by atoms with Crippen LogP contribution in [-0.2, 0) is 4.79 Å². The summed E-state index contributed by atoms with van der Waals surface area (Å²) in [5.74, 6) is 0.00785. The maximum Gasteiger partial charge on any atom is 0.272 e. The fraction of sp³-hybridized carbons (Fsp3) is 0.562. The Morgan fingerprint density at radius 1 is 1.32 bits per heavy atom. The second kappa shape index (κ2) is 7.35. The number of hydrogen-bond donors (Lipinski definition) is 2. The molecule has 1 aromatic rings. The predicted octanol–water partition coefficient (Wildman–Crippen LogP) is 2.72. The number of carbonyl (C=O) groups excluding carboxylic acids is 1. The highest BCUT2D eigenvalue weighted by atomic mass is 16.6. The van der Waals surface area contributed by atoms with E-state index in [1.807, 2.05) is 33.8 Å². The molecule has 6 nitrogen and oxygen atoms in total. The van der Waals surface area contributed by atoms with Gasteiger partial charge in [0.25, 0.3) is 5.69 Å². The Bertz CT molecular complexity index is 550. The van der Waals surface area contributed by atoms with E-state index in [9.17, 15) is 14.9 Å². The van der Waals surface area contributed by atoms with Gasteiger partial charge >= 0.3 is 0 Å². The first-order chi connectivity index (χ1) is 10.1. The highest BCUT2D eigenvalue weighted by molar-refractivity contribution is 5.81. The van der Waals surface area contributed by atoms with Gasteiger partial charge in [-0.05, 0) is 19.4 Å². The SMILES string of the molecule is Cc1c([C@H](C)NCCNC(=O)C(C)(C)C)cccc1[N+](=O)[O-]. The van der Waals surface area contributed by atoms with E-state index in [2.05, 4.69) is 10.6 Å². The van der Waals surface area contributed by atoms with Crippen molar-refractivity contribution in [3.05, 3.63) is 39.4 Å². The van der Waals surface area contributed by atoms with Crippen LogP contribution in [0.5, 0.6) is 0 Å². The van der Waals surface area contributed by atoms with Crippen LogP contribution in [0.2, 0.25) is 0 Å². The number of rotatable bonds is 6. The van der Waals surface area contributed by atoms with Crippen molar-refractivity contribution < 1.29 is 9.72 Å². The number of hydrogen-bond acceptors (Lipinski definition) is 4. The Kier molecular flexibility index (Phi) is 6.05. The smallest absolute Gasteiger partial charge is 0.272 e. The first-order valence-electron chi connectivity index (χ1n) is 7.40. The Morgan fingerprint density at radius 3 is 2.50 bits per heavy atom. The molecule has 122 valence electrons. The highest BCUT2D eigenvalue weighted by Gasteiger charge is 2.20. The van der Waals surface area contributed by atoms with Gasteiger partial charge in [0.15, 0.2) is 0 Å².